The number of pyridine rings is 1. The lowest BCUT2D eigenvalue weighted by Gasteiger charge is -2.22. The van der Waals surface area contributed by atoms with Gasteiger partial charge in [-0.15, -0.1) is 0 Å². The van der Waals surface area contributed by atoms with Gasteiger partial charge in [0.2, 0.25) is 5.88 Å². The number of aliphatic carboxylic acids is 1. The van der Waals surface area contributed by atoms with Crippen molar-refractivity contribution in [2.24, 2.45) is 0 Å². The van der Waals surface area contributed by atoms with E-state index in [1.165, 1.54) is 0 Å². The molecule has 0 saturated carbocycles. The average Bonchev–Trinajstić information content (AvgIpc) is 2.65. The summed E-state index contributed by atoms with van der Waals surface area (Å²) in [6.07, 6.45) is -4.58. The number of nitrogens with two attached hydrogens (primary N) is 2. The number of fused-ring (bicyclic) bond motifs is 2. The molecule has 0 aliphatic carbocycles. The van der Waals surface area contributed by atoms with Gasteiger partial charge in [0, 0.05) is 18.1 Å². The molecule has 0 radical (unpaired) electrons. The predicted molar refractivity (Wildman–Crippen MR) is 93.4 cm³/mol. The molecule has 29 heavy (non-hydrogen) atoms. The van der Waals surface area contributed by atoms with Crippen molar-refractivity contribution in [3.63, 3.8) is 0 Å². The summed E-state index contributed by atoms with van der Waals surface area (Å²) >= 11 is 0. The number of hydrogen-bond donors (Lipinski definition) is 4. The van der Waals surface area contributed by atoms with Gasteiger partial charge in [-0.05, 0) is 11.6 Å². The number of alkyl halides is 3. The van der Waals surface area contributed by atoms with Crippen molar-refractivity contribution in [2.45, 2.75) is 12.6 Å². The first-order valence-corrected chi connectivity index (χ1v) is 7.91. The van der Waals surface area contributed by atoms with Crippen LogP contribution in [0.4, 0.5) is 24.7 Å². The number of anilines is 2. The number of nitriles is 1. The summed E-state index contributed by atoms with van der Waals surface area (Å²) in [5.74, 6) is -1.21. The van der Waals surface area contributed by atoms with E-state index in [0.717, 1.165) is 5.56 Å². The van der Waals surface area contributed by atoms with Gasteiger partial charge in [-0.3, -0.25) is 0 Å². The molecule has 1 aliphatic heterocycles. The Morgan fingerprint density at radius 1 is 1.38 bits per heavy atom. The highest BCUT2D eigenvalue weighted by molar-refractivity contribution is 5.73. The Morgan fingerprint density at radius 3 is 2.59 bits per heavy atom. The SMILES string of the molecule is N#Cc1c(N)nc2c(c1N)Cc1ccc(OCCO)cc1O2.O=C(O)C(F)(F)F. The number of aliphatic hydroxyl groups is 1. The van der Waals surface area contributed by atoms with Crippen LogP contribution in [0.25, 0.3) is 0 Å². The lowest BCUT2D eigenvalue weighted by Crippen LogP contribution is -2.21. The lowest BCUT2D eigenvalue weighted by molar-refractivity contribution is -0.192. The molecule has 0 saturated heterocycles. The van der Waals surface area contributed by atoms with Crippen molar-refractivity contribution in [2.75, 3.05) is 24.7 Å². The number of carboxylic acid groups (broad SMARTS) is 1. The molecule has 2 aromatic rings. The first-order valence-electron chi connectivity index (χ1n) is 7.91. The van der Waals surface area contributed by atoms with Crippen LogP contribution in [0.1, 0.15) is 16.7 Å². The van der Waals surface area contributed by atoms with Crippen LogP contribution in [-0.4, -0.2) is 40.6 Å². The highest BCUT2D eigenvalue weighted by Crippen LogP contribution is 2.41. The van der Waals surface area contributed by atoms with E-state index >= 15 is 0 Å². The minimum absolute atomic E-state index is 0.0508. The van der Waals surface area contributed by atoms with Crippen molar-refractivity contribution < 1.29 is 37.7 Å². The van der Waals surface area contributed by atoms with E-state index in [2.05, 4.69) is 4.98 Å². The largest absolute Gasteiger partial charge is 0.491 e. The van der Waals surface area contributed by atoms with Gasteiger partial charge in [0.25, 0.3) is 0 Å². The lowest BCUT2D eigenvalue weighted by atomic mass is 9.99. The highest BCUT2D eigenvalue weighted by Gasteiger charge is 2.38. The molecule has 0 amide bonds. The second kappa shape index (κ2) is 8.53. The number of hydrogen-bond acceptors (Lipinski definition) is 8. The van der Waals surface area contributed by atoms with Crippen molar-refractivity contribution in [1.82, 2.24) is 4.98 Å². The van der Waals surface area contributed by atoms with Crippen LogP contribution in [-0.2, 0) is 11.2 Å². The number of benzene rings is 1. The fraction of sp³-hybridized carbons (Fsp3) is 0.235. The van der Waals surface area contributed by atoms with Crippen molar-refractivity contribution >= 4 is 17.5 Å². The van der Waals surface area contributed by atoms with Crippen LogP contribution in [0.2, 0.25) is 0 Å². The van der Waals surface area contributed by atoms with Crippen LogP contribution in [0.5, 0.6) is 17.4 Å². The van der Waals surface area contributed by atoms with E-state index in [-0.39, 0.29) is 24.6 Å². The minimum Gasteiger partial charge on any atom is -0.491 e. The number of ether oxygens (including phenoxy) is 2. The maximum Gasteiger partial charge on any atom is 0.490 e. The quantitative estimate of drug-likeness (QED) is 0.502. The number of nitrogens with zero attached hydrogens (tertiary/aromatic N) is 2. The molecule has 154 valence electrons. The molecule has 1 aliphatic rings. The molecular weight excluding hydrogens is 397 g/mol. The van der Waals surface area contributed by atoms with Gasteiger partial charge < -0.3 is 31.2 Å². The van der Waals surface area contributed by atoms with Crippen LogP contribution in [0, 0.1) is 11.3 Å². The number of carboxylic acids is 1. The fourth-order valence-electron chi connectivity index (χ4n) is 2.33. The van der Waals surface area contributed by atoms with E-state index in [4.69, 9.17) is 41.2 Å². The number of carbonyl (C=O) groups is 1. The molecule has 0 atom stereocenters. The number of aromatic nitrogens is 1. The summed E-state index contributed by atoms with van der Waals surface area (Å²) in [5.41, 5.74) is 13.8. The zero-order valence-corrected chi connectivity index (χ0v) is 14.7. The Kier molecular flexibility index (Phi) is 6.35. The maximum absolute atomic E-state index is 10.6. The molecule has 3 rings (SSSR count). The molecule has 1 aromatic heterocycles. The topological polar surface area (TPSA) is 165 Å². The van der Waals surface area contributed by atoms with Gasteiger partial charge in [0.1, 0.15) is 35.6 Å². The Morgan fingerprint density at radius 2 is 2.03 bits per heavy atom. The molecule has 0 bridgehead atoms. The van der Waals surface area contributed by atoms with Gasteiger partial charge in [0.05, 0.1) is 12.3 Å². The number of halogens is 3. The summed E-state index contributed by atoms with van der Waals surface area (Å²) in [6, 6.07) is 7.32. The van der Waals surface area contributed by atoms with Crippen LogP contribution >= 0.6 is 0 Å². The highest BCUT2D eigenvalue weighted by atomic mass is 19.4. The summed E-state index contributed by atoms with van der Waals surface area (Å²) in [4.78, 5) is 13.0. The van der Waals surface area contributed by atoms with E-state index < -0.39 is 12.1 Å². The monoisotopic (exact) mass is 412 g/mol. The molecular formula is C17H15F3N4O5. The Bertz CT molecular complexity index is 973. The first kappa shape index (κ1) is 21.6. The molecule has 0 unspecified atom stereocenters. The van der Waals surface area contributed by atoms with Gasteiger partial charge in [-0.2, -0.15) is 23.4 Å². The van der Waals surface area contributed by atoms with Crippen LogP contribution < -0.4 is 20.9 Å². The number of aliphatic hydroxyl groups excluding tert-OH is 1. The molecule has 12 heteroatoms. The van der Waals surface area contributed by atoms with Crippen molar-refractivity contribution in [3.05, 3.63) is 34.9 Å². The van der Waals surface area contributed by atoms with E-state index in [1.807, 2.05) is 12.1 Å². The van der Waals surface area contributed by atoms with E-state index in [0.29, 0.717) is 35.1 Å². The van der Waals surface area contributed by atoms with Gasteiger partial charge in [-0.25, -0.2) is 4.79 Å². The third-order valence-electron chi connectivity index (χ3n) is 3.66. The zero-order chi connectivity index (χ0) is 21.8. The molecule has 2 heterocycles. The third-order valence-corrected chi connectivity index (χ3v) is 3.66. The van der Waals surface area contributed by atoms with Crippen molar-refractivity contribution in [1.29, 1.82) is 5.26 Å². The Balaban J connectivity index is 0.000000370. The van der Waals surface area contributed by atoms with E-state index in [1.54, 1.807) is 12.1 Å². The summed E-state index contributed by atoms with van der Waals surface area (Å²) in [7, 11) is 0. The normalized spacial score (nSPS) is 11.7. The second-order valence-electron chi connectivity index (χ2n) is 5.60. The summed E-state index contributed by atoms with van der Waals surface area (Å²) in [6.45, 7) is 0.144. The van der Waals surface area contributed by atoms with Crippen LogP contribution in [0.3, 0.4) is 0 Å². The number of rotatable bonds is 3. The standard InChI is InChI=1S/C15H14N4O3.C2HF3O2/c16-7-11-13(17)10-5-8-1-2-9(21-4-3-20)6-12(8)22-15(10)19-14(11)18;3-2(4,5)1(6)7/h1-2,6,20H,3-5H2,(H4,17,18,19);(H,6,7). The summed E-state index contributed by atoms with van der Waals surface area (Å²) < 4.78 is 42.8. The van der Waals surface area contributed by atoms with Crippen molar-refractivity contribution in [3.8, 4) is 23.4 Å². The Labute approximate surface area is 161 Å². The predicted octanol–water partition coefficient (Wildman–Crippen LogP) is 1.82. The molecule has 0 fully saturated rings. The third kappa shape index (κ3) is 4.96. The minimum atomic E-state index is -5.08. The van der Waals surface area contributed by atoms with Crippen LogP contribution in [0.15, 0.2) is 18.2 Å². The van der Waals surface area contributed by atoms with Gasteiger partial charge in [0.15, 0.2) is 0 Å². The van der Waals surface area contributed by atoms with Gasteiger partial charge >= 0.3 is 12.1 Å². The first-order chi connectivity index (χ1) is 13.6. The summed E-state index contributed by atoms with van der Waals surface area (Å²) in [5, 5.41) is 25.0. The molecule has 6 N–H and O–H groups in total. The maximum atomic E-state index is 10.6. The average molecular weight is 412 g/mol. The second-order valence-corrected chi connectivity index (χ2v) is 5.60. The molecule has 0 spiro atoms. The van der Waals surface area contributed by atoms with Gasteiger partial charge in [-0.1, -0.05) is 6.07 Å². The molecule has 9 nitrogen and oxygen atoms in total. The number of nitrogen functional groups attached to an aromatic ring is 2. The molecule has 1 aromatic carbocycles. The smallest absolute Gasteiger partial charge is 0.490 e. The Hall–Kier alpha value is -3.72. The fourth-order valence-corrected chi connectivity index (χ4v) is 2.33. The zero-order valence-electron chi connectivity index (χ0n) is 14.7. The van der Waals surface area contributed by atoms with E-state index in [9.17, 15) is 13.2 Å².